The van der Waals surface area contributed by atoms with Gasteiger partial charge in [0.15, 0.2) is 0 Å². The van der Waals surface area contributed by atoms with E-state index in [-0.39, 0.29) is 11.8 Å². The van der Waals surface area contributed by atoms with Gasteiger partial charge in [-0.3, -0.25) is 0 Å². The van der Waals surface area contributed by atoms with Crippen LogP contribution < -0.4 is 10.6 Å². The highest BCUT2D eigenvalue weighted by atomic mass is 35.5. The van der Waals surface area contributed by atoms with Gasteiger partial charge in [0.2, 0.25) is 0 Å². The van der Waals surface area contributed by atoms with E-state index in [2.05, 4.69) is 10.6 Å². The van der Waals surface area contributed by atoms with Crippen LogP contribution in [0.3, 0.4) is 0 Å². The quantitative estimate of drug-likeness (QED) is 0.597. The standard InChI is InChI=1S/C12H16ClFN2O/c13-6-2-7-15-12(17)16-8-5-10-3-1-4-11(14)9-10/h1,3-4,9H,2,5-8H2,(H2,15,16,17). The zero-order chi connectivity index (χ0) is 12.5. The van der Waals surface area contributed by atoms with Gasteiger partial charge < -0.3 is 10.6 Å². The summed E-state index contributed by atoms with van der Waals surface area (Å²) in [5.74, 6) is 0.276. The molecule has 2 N–H and O–H groups in total. The summed E-state index contributed by atoms with van der Waals surface area (Å²) in [5.41, 5.74) is 0.867. The van der Waals surface area contributed by atoms with Crippen LogP contribution in [0, 0.1) is 5.82 Å². The molecule has 3 nitrogen and oxygen atoms in total. The third-order valence-electron chi connectivity index (χ3n) is 2.18. The first-order valence-electron chi connectivity index (χ1n) is 5.54. The lowest BCUT2D eigenvalue weighted by Gasteiger charge is -2.06. The number of rotatable bonds is 6. The number of hydrogen-bond donors (Lipinski definition) is 2. The van der Waals surface area contributed by atoms with Crippen LogP contribution in [0.4, 0.5) is 9.18 Å². The summed E-state index contributed by atoms with van der Waals surface area (Å²) in [4.78, 5) is 11.2. The van der Waals surface area contributed by atoms with Crippen molar-refractivity contribution in [3.63, 3.8) is 0 Å². The van der Waals surface area contributed by atoms with Crippen LogP contribution >= 0.6 is 11.6 Å². The van der Waals surface area contributed by atoms with Crippen molar-refractivity contribution in [1.82, 2.24) is 10.6 Å². The van der Waals surface area contributed by atoms with Crippen LogP contribution in [-0.2, 0) is 6.42 Å². The molecule has 0 unspecified atom stereocenters. The van der Waals surface area contributed by atoms with Crippen molar-refractivity contribution in [3.05, 3.63) is 35.6 Å². The molecule has 0 saturated heterocycles. The van der Waals surface area contributed by atoms with Crippen LogP contribution in [-0.4, -0.2) is 25.0 Å². The first-order chi connectivity index (χ1) is 8.22. The summed E-state index contributed by atoms with van der Waals surface area (Å²) < 4.78 is 12.8. The SMILES string of the molecule is O=C(NCCCCl)NCCc1cccc(F)c1. The molecular weight excluding hydrogens is 243 g/mol. The van der Waals surface area contributed by atoms with Crippen molar-refractivity contribution >= 4 is 17.6 Å². The number of nitrogens with one attached hydrogen (secondary N) is 2. The van der Waals surface area contributed by atoms with Gasteiger partial charge >= 0.3 is 6.03 Å². The maximum atomic E-state index is 12.8. The minimum Gasteiger partial charge on any atom is -0.338 e. The van der Waals surface area contributed by atoms with E-state index in [9.17, 15) is 9.18 Å². The topological polar surface area (TPSA) is 41.1 Å². The molecule has 0 aliphatic carbocycles. The number of alkyl halides is 1. The Morgan fingerprint density at radius 2 is 2.06 bits per heavy atom. The average Bonchev–Trinajstić information content (AvgIpc) is 2.29. The van der Waals surface area contributed by atoms with Crippen LogP contribution in [0.15, 0.2) is 24.3 Å². The van der Waals surface area contributed by atoms with E-state index in [0.29, 0.717) is 25.4 Å². The average molecular weight is 259 g/mol. The molecule has 1 aromatic carbocycles. The fraction of sp³-hybridized carbons (Fsp3) is 0.417. The molecule has 0 spiro atoms. The minimum absolute atomic E-state index is 0.216. The molecule has 0 radical (unpaired) electrons. The zero-order valence-electron chi connectivity index (χ0n) is 9.51. The summed E-state index contributed by atoms with van der Waals surface area (Å²) in [6, 6.07) is 6.14. The van der Waals surface area contributed by atoms with Gasteiger partial charge in [-0.2, -0.15) is 0 Å². The highest BCUT2D eigenvalue weighted by Crippen LogP contribution is 2.03. The van der Waals surface area contributed by atoms with Gasteiger partial charge in [-0.05, 0) is 30.5 Å². The van der Waals surface area contributed by atoms with Crippen LogP contribution in [0.5, 0.6) is 0 Å². The molecule has 1 rings (SSSR count). The molecule has 0 heterocycles. The fourth-order valence-corrected chi connectivity index (χ4v) is 1.48. The van der Waals surface area contributed by atoms with Gasteiger partial charge in [0.05, 0.1) is 0 Å². The Kier molecular flexibility index (Phi) is 6.40. The third kappa shape index (κ3) is 6.12. The van der Waals surface area contributed by atoms with Gasteiger partial charge in [-0.25, -0.2) is 9.18 Å². The molecule has 0 fully saturated rings. The van der Waals surface area contributed by atoms with E-state index < -0.39 is 0 Å². The van der Waals surface area contributed by atoms with Gasteiger partial charge in [-0.15, -0.1) is 11.6 Å². The van der Waals surface area contributed by atoms with Crippen molar-refractivity contribution in [2.45, 2.75) is 12.8 Å². The van der Waals surface area contributed by atoms with E-state index in [0.717, 1.165) is 12.0 Å². The predicted molar refractivity (Wildman–Crippen MR) is 66.8 cm³/mol. The number of urea groups is 1. The van der Waals surface area contributed by atoms with Crippen molar-refractivity contribution in [2.24, 2.45) is 0 Å². The number of carbonyl (C=O) groups excluding carboxylic acids is 1. The number of halogens is 2. The van der Waals surface area contributed by atoms with Crippen LogP contribution in [0.25, 0.3) is 0 Å². The van der Waals surface area contributed by atoms with E-state index in [1.165, 1.54) is 12.1 Å². The Labute approximate surface area is 105 Å². The van der Waals surface area contributed by atoms with Crippen molar-refractivity contribution in [2.75, 3.05) is 19.0 Å². The summed E-state index contributed by atoms with van der Waals surface area (Å²) in [6.45, 7) is 1.05. The van der Waals surface area contributed by atoms with Crippen molar-refractivity contribution in [3.8, 4) is 0 Å². The molecular formula is C12H16ClFN2O. The molecule has 5 heteroatoms. The molecule has 1 aromatic rings. The Hall–Kier alpha value is -1.29. The van der Waals surface area contributed by atoms with Crippen molar-refractivity contribution in [1.29, 1.82) is 0 Å². The monoisotopic (exact) mass is 258 g/mol. The highest BCUT2D eigenvalue weighted by Gasteiger charge is 1.99. The van der Waals surface area contributed by atoms with Gasteiger partial charge in [-0.1, -0.05) is 12.1 Å². The predicted octanol–water partition coefficient (Wildman–Crippen LogP) is 2.30. The normalized spacial score (nSPS) is 10.0. The van der Waals surface area contributed by atoms with E-state index in [1.54, 1.807) is 6.07 Å². The lowest BCUT2D eigenvalue weighted by Crippen LogP contribution is -2.37. The third-order valence-corrected chi connectivity index (χ3v) is 2.45. The number of benzene rings is 1. The maximum Gasteiger partial charge on any atom is 0.314 e. The lowest BCUT2D eigenvalue weighted by molar-refractivity contribution is 0.241. The maximum absolute atomic E-state index is 12.8. The van der Waals surface area contributed by atoms with Crippen LogP contribution in [0.1, 0.15) is 12.0 Å². The Balaban J connectivity index is 2.17. The van der Waals surface area contributed by atoms with E-state index >= 15 is 0 Å². The first kappa shape index (κ1) is 13.8. The molecule has 2 amide bonds. The summed E-state index contributed by atoms with van der Waals surface area (Å²) in [6.07, 6.45) is 1.36. The summed E-state index contributed by atoms with van der Waals surface area (Å²) in [5, 5.41) is 5.37. The second kappa shape index (κ2) is 7.90. The first-order valence-corrected chi connectivity index (χ1v) is 6.08. The van der Waals surface area contributed by atoms with Gasteiger partial charge in [0, 0.05) is 19.0 Å². The molecule has 0 saturated carbocycles. The van der Waals surface area contributed by atoms with Crippen molar-refractivity contribution < 1.29 is 9.18 Å². The second-order valence-electron chi connectivity index (χ2n) is 3.61. The van der Waals surface area contributed by atoms with Crippen LogP contribution in [0.2, 0.25) is 0 Å². The lowest BCUT2D eigenvalue weighted by atomic mass is 10.1. The molecule has 0 aliphatic heterocycles. The fourth-order valence-electron chi connectivity index (χ4n) is 1.34. The molecule has 94 valence electrons. The van der Waals surface area contributed by atoms with E-state index in [1.807, 2.05) is 6.07 Å². The minimum atomic E-state index is -0.255. The summed E-state index contributed by atoms with van der Waals surface area (Å²) in [7, 11) is 0. The Morgan fingerprint density at radius 1 is 1.29 bits per heavy atom. The molecule has 0 aliphatic rings. The second-order valence-corrected chi connectivity index (χ2v) is 3.98. The smallest absolute Gasteiger partial charge is 0.314 e. The highest BCUT2D eigenvalue weighted by molar-refractivity contribution is 6.17. The summed E-state index contributed by atoms with van der Waals surface area (Å²) >= 11 is 5.48. The molecule has 17 heavy (non-hydrogen) atoms. The number of carbonyl (C=O) groups is 1. The number of amides is 2. The van der Waals surface area contributed by atoms with Gasteiger partial charge in [0.1, 0.15) is 5.82 Å². The Bertz CT molecular complexity index is 360. The van der Waals surface area contributed by atoms with Gasteiger partial charge in [0.25, 0.3) is 0 Å². The molecule has 0 atom stereocenters. The molecule has 0 bridgehead atoms. The number of hydrogen-bond acceptors (Lipinski definition) is 1. The largest absolute Gasteiger partial charge is 0.338 e. The molecule has 0 aromatic heterocycles. The van der Waals surface area contributed by atoms with E-state index in [4.69, 9.17) is 11.6 Å². The Morgan fingerprint density at radius 3 is 2.76 bits per heavy atom. The zero-order valence-corrected chi connectivity index (χ0v) is 10.3.